The molecule has 0 aliphatic carbocycles. The number of aromatic amines is 2. The van der Waals surface area contributed by atoms with Gasteiger partial charge in [0.15, 0.2) is 0 Å². The molecule has 1 fully saturated rings. The summed E-state index contributed by atoms with van der Waals surface area (Å²) >= 11 is 0. The molecule has 1 unspecified atom stereocenters. The van der Waals surface area contributed by atoms with Gasteiger partial charge in [-0.3, -0.25) is 9.78 Å². The van der Waals surface area contributed by atoms with Crippen LogP contribution < -0.4 is 11.3 Å². The fourth-order valence-electron chi connectivity index (χ4n) is 2.30. The summed E-state index contributed by atoms with van der Waals surface area (Å²) in [4.78, 5) is 21.2. The fourth-order valence-corrected chi connectivity index (χ4v) is 2.30. The summed E-state index contributed by atoms with van der Waals surface area (Å²) in [5, 5.41) is 0. The number of hydrogen-bond donors (Lipinski definition) is 3. The van der Waals surface area contributed by atoms with Crippen LogP contribution in [0, 0.1) is 5.92 Å². The quantitative estimate of drug-likeness (QED) is 0.701. The third-order valence-corrected chi connectivity index (χ3v) is 3.17. The molecule has 3 heterocycles. The van der Waals surface area contributed by atoms with Crippen molar-refractivity contribution < 1.29 is 4.74 Å². The van der Waals surface area contributed by atoms with E-state index in [0.29, 0.717) is 17.0 Å². The largest absolute Gasteiger partial charge is 0.381 e. The standard InChI is InChI=1S/C11H14N4O2/c12-11-14-8-7(3-6-1-2-17-5-6)4-13-9(8)10(16)15-11/h4,6,13H,1-3,5H2,(H3,12,14,15,16). The van der Waals surface area contributed by atoms with Crippen LogP contribution in [-0.4, -0.2) is 28.2 Å². The molecule has 0 bridgehead atoms. The highest BCUT2D eigenvalue weighted by molar-refractivity contribution is 5.78. The van der Waals surface area contributed by atoms with E-state index in [2.05, 4.69) is 15.0 Å². The summed E-state index contributed by atoms with van der Waals surface area (Å²) in [6, 6.07) is 0. The molecule has 0 amide bonds. The van der Waals surface area contributed by atoms with Gasteiger partial charge < -0.3 is 15.5 Å². The third-order valence-electron chi connectivity index (χ3n) is 3.17. The molecule has 3 rings (SSSR count). The van der Waals surface area contributed by atoms with Gasteiger partial charge in [0.25, 0.3) is 5.56 Å². The Balaban J connectivity index is 2.02. The van der Waals surface area contributed by atoms with Gasteiger partial charge in [-0.1, -0.05) is 0 Å². The summed E-state index contributed by atoms with van der Waals surface area (Å²) in [5.74, 6) is 0.669. The SMILES string of the molecule is Nc1nc2c(CC3CCOC3)c[nH]c2c(=O)[nH]1. The van der Waals surface area contributed by atoms with Crippen LogP contribution in [0.1, 0.15) is 12.0 Å². The van der Waals surface area contributed by atoms with Crippen molar-refractivity contribution in [2.45, 2.75) is 12.8 Å². The summed E-state index contributed by atoms with van der Waals surface area (Å²) in [6.07, 6.45) is 3.77. The maximum absolute atomic E-state index is 11.6. The van der Waals surface area contributed by atoms with Crippen LogP contribution in [0.25, 0.3) is 11.0 Å². The number of hydrogen-bond acceptors (Lipinski definition) is 4. The number of anilines is 1. The zero-order chi connectivity index (χ0) is 11.8. The Morgan fingerprint density at radius 2 is 2.47 bits per heavy atom. The highest BCUT2D eigenvalue weighted by Crippen LogP contribution is 2.22. The lowest BCUT2D eigenvalue weighted by molar-refractivity contribution is 0.186. The molecule has 2 aromatic rings. The van der Waals surface area contributed by atoms with Crippen molar-refractivity contribution >= 4 is 17.0 Å². The minimum atomic E-state index is -0.221. The lowest BCUT2D eigenvalue weighted by atomic mass is 10.0. The molecule has 0 radical (unpaired) electrons. The van der Waals surface area contributed by atoms with Crippen molar-refractivity contribution in [3.8, 4) is 0 Å². The summed E-state index contributed by atoms with van der Waals surface area (Å²) in [7, 11) is 0. The van der Waals surface area contributed by atoms with E-state index >= 15 is 0 Å². The number of ether oxygens (including phenoxy) is 1. The summed E-state index contributed by atoms with van der Waals surface area (Å²) < 4.78 is 5.34. The van der Waals surface area contributed by atoms with E-state index in [0.717, 1.165) is 31.6 Å². The maximum atomic E-state index is 11.6. The zero-order valence-electron chi connectivity index (χ0n) is 9.32. The van der Waals surface area contributed by atoms with Crippen LogP contribution in [-0.2, 0) is 11.2 Å². The minimum Gasteiger partial charge on any atom is -0.381 e. The summed E-state index contributed by atoms with van der Waals surface area (Å²) in [6.45, 7) is 1.61. The molecule has 6 heteroatoms. The Morgan fingerprint density at radius 3 is 3.24 bits per heavy atom. The van der Waals surface area contributed by atoms with Gasteiger partial charge >= 0.3 is 0 Å². The third kappa shape index (κ3) is 1.80. The second-order valence-corrected chi connectivity index (χ2v) is 4.42. The predicted octanol–water partition coefficient (Wildman–Crippen LogP) is 0.412. The molecule has 4 N–H and O–H groups in total. The van der Waals surface area contributed by atoms with Crippen molar-refractivity contribution in [2.24, 2.45) is 5.92 Å². The van der Waals surface area contributed by atoms with Gasteiger partial charge in [0.1, 0.15) is 11.0 Å². The number of nitrogen functional groups attached to an aromatic ring is 1. The van der Waals surface area contributed by atoms with E-state index in [1.165, 1.54) is 0 Å². The number of nitrogens with one attached hydrogen (secondary N) is 2. The number of rotatable bonds is 2. The Bertz CT molecular complexity index is 595. The second-order valence-electron chi connectivity index (χ2n) is 4.42. The molecule has 2 aromatic heterocycles. The topological polar surface area (TPSA) is 96.8 Å². The Labute approximate surface area is 97.2 Å². The number of nitrogens with zero attached hydrogens (tertiary/aromatic N) is 1. The minimum absolute atomic E-state index is 0.158. The molecular formula is C11H14N4O2. The molecule has 17 heavy (non-hydrogen) atoms. The molecule has 1 aliphatic rings. The molecule has 6 nitrogen and oxygen atoms in total. The van der Waals surface area contributed by atoms with Gasteiger partial charge in [-0.2, -0.15) is 0 Å². The van der Waals surface area contributed by atoms with Crippen LogP contribution in [0.2, 0.25) is 0 Å². The normalized spacial score (nSPS) is 20.1. The van der Waals surface area contributed by atoms with E-state index in [4.69, 9.17) is 10.5 Å². The molecule has 0 spiro atoms. The molecule has 90 valence electrons. The fraction of sp³-hybridized carbons (Fsp3) is 0.455. The number of aromatic nitrogens is 3. The number of H-pyrrole nitrogens is 2. The van der Waals surface area contributed by atoms with Crippen molar-refractivity contribution in [2.75, 3.05) is 18.9 Å². The summed E-state index contributed by atoms with van der Waals surface area (Å²) in [5.41, 5.74) is 7.54. The predicted molar refractivity (Wildman–Crippen MR) is 63.8 cm³/mol. The Hall–Kier alpha value is -1.82. The average molecular weight is 234 g/mol. The first kappa shape index (κ1) is 10.3. The number of nitrogens with two attached hydrogens (primary N) is 1. The maximum Gasteiger partial charge on any atom is 0.276 e. The van der Waals surface area contributed by atoms with Crippen molar-refractivity contribution in [3.63, 3.8) is 0 Å². The van der Waals surface area contributed by atoms with Gasteiger partial charge in [0.2, 0.25) is 5.95 Å². The van der Waals surface area contributed by atoms with E-state index in [1.807, 2.05) is 6.20 Å². The highest BCUT2D eigenvalue weighted by Gasteiger charge is 2.19. The molecule has 1 atom stereocenters. The highest BCUT2D eigenvalue weighted by atomic mass is 16.5. The van der Waals surface area contributed by atoms with Crippen LogP contribution in [0.5, 0.6) is 0 Å². The van der Waals surface area contributed by atoms with Gasteiger partial charge in [0, 0.05) is 19.4 Å². The van der Waals surface area contributed by atoms with Gasteiger partial charge in [-0.25, -0.2) is 4.98 Å². The molecular weight excluding hydrogens is 220 g/mol. The Kier molecular flexibility index (Phi) is 2.36. The van der Waals surface area contributed by atoms with Crippen LogP contribution in [0.3, 0.4) is 0 Å². The van der Waals surface area contributed by atoms with Crippen LogP contribution >= 0.6 is 0 Å². The van der Waals surface area contributed by atoms with Crippen molar-refractivity contribution in [1.29, 1.82) is 0 Å². The number of fused-ring (bicyclic) bond motifs is 1. The van der Waals surface area contributed by atoms with Gasteiger partial charge in [-0.15, -0.1) is 0 Å². The van der Waals surface area contributed by atoms with Crippen molar-refractivity contribution in [3.05, 3.63) is 22.1 Å². The first-order valence-electron chi connectivity index (χ1n) is 5.67. The van der Waals surface area contributed by atoms with Gasteiger partial charge in [-0.05, 0) is 24.3 Å². The second kappa shape index (κ2) is 3.89. The lowest BCUT2D eigenvalue weighted by Gasteiger charge is -2.05. The lowest BCUT2D eigenvalue weighted by Crippen LogP contribution is -2.11. The average Bonchev–Trinajstić information content (AvgIpc) is 2.89. The molecule has 1 aliphatic heterocycles. The molecule has 0 saturated carbocycles. The Morgan fingerprint density at radius 1 is 1.59 bits per heavy atom. The first-order valence-corrected chi connectivity index (χ1v) is 5.67. The monoisotopic (exact) mass is 234 g/mol. The van der Waals surface area contributed by atoms with Crippen LogP contribution in [0.4, 0.5) is 5.95 Å². The van der Waals surface area contributed by atoms with Crippen LogP contribution in [0.15, 0.2) is 11.0 Å². The molecule has 0 aromatic carbocycles. The first-order chi connectivity index (χ1) is 8.24. The van der Waals surface area contributed by atoms with Gasteiger partial charge in [0.05, 0.1) is 0 Å². The van der Waals surface area contributed by atoms with E-state index in [1.54, 1.807) is 0 Å². The van der Waals surface area contributed by atoms with E-state index in [-0.39, 0.29) is 11.5 Å². The zero-order valence-corrected chi connectivity index (χ0v) is 9.32. The van der Waals surface area contributed by atoms with E-state index in [9.17, 15) is 4.79 Å². The smallest absolute Gasteiger partial charge is 0.276 e. The molecule has 1 saturated heterocycles. The van der Waals surface area contributed by atoms with E-state index < -0.39 is 0 Å². The van der Waals surface area contributed by atoms with Crippen molar-refractivity contribution in [1.82, 2.24) is 15.0 Å².